The zero-order valence-corrected chi connectivity index (χ0v) is 11.7. The first-order chi connectivity index (χ1) is 8.60. The van der Waals surface area contributed by atoms with E-state index in [1.807, 2.05) is 24.3 Å². The minimum Gasteiger partial charge on any atom is -0.457 e. The van der Waals surface area contributed by atoms with E-state index in [9.17, 15) is 0 Å². The second-order valence-electron chi connectivity index (χ2n) is 4.58. The molecule has 2 aromatic rings. The van der Waals surface area contributed by atoms with Crippen LogP contribution in [0.4, 0.5) is 0 Å². The summed E-state index contributed by atoms with van der Waals surface area (Å²) in [6.07, 6.45) is 0. The van der Waals surface area contributed by atoms with Gasteiger partial charge in [0.25, 0.3) is 0 Å². The molecule has 0 radical (unpaired) electrons. The smallest absolute Gasteiger partial charge is 0.130 e. The Balaban J connectivity index is 2.27. The van der Waals surface area contributed by atoms with Crippen LogP contribution in [0.15, 0.2) is 36.4 Å². The molecule has 0 unspecified atom stereocenters. The standard InChI is InChI=1S/C16H17ClO/c1-11-8-12(2)13(3)16(9-11)18-15-6-4-14(10-17)5-7-15/h4-9H,10H2,1-3H3. The normalized spacial score (nSPS) is 10.4. The number of halogens is 1. The van der Waals surface area contributed by atoms with Crippen molar-refractivity contribution in [1.29, 1.82) is 0 Å². The molecule has 0 saturated heterocycles. The Bertz CT molecular complexity index is 544. The second kappa shape index (κ2) is 5.45. The van der Waals surface area contributed by atoms with Gasteiger partial charge in [-0.15, -0.1) is 11.6 Å². The van der Waals surface area contributed by atoms with E-state index in [1.165, 1.54) is 16.7 Å². The SMILES string of the molecule is Cc1cc(C)c(C)c(Oc2ccc(CCl)cc2)c1. The number of alkyl halides is 1. The van der Waals surface area contributed by atoms with Crippen LogP contribution in [0.5, 0.6) is 11.5 Å². The zero-order valence-electron chi connectivity index (χ0n) is 11.0. The zero-order chi connectivity index (χ0) is 13.1. The van der Waals surface area contributed by atoms with Crippen LogP contribution in [0, 0.1) is 20.8 Å². The first-order valence-electron chi connectivity index (χ1n) is 6.01. The van der Waals surface area contributed by atoms with Gasteiger partial charge < -0.3 is 4.74 Å². The topological polar surface area (TPSA) is 9.23 Å². The number of benzene rings is 2. The van der Waals surface area contributed by atoms with Crippen LogP contribution < -0.4 is 4.74 Å². The van der Waals surface area contributed by atoms with Gasteiger partial charge in [-0.3, -0.25) is 0 Å². The highest BCUT2D eigenvalue weighted by Crippen LogP contribution is 2.28. The molecule has 0 spiro atoms. The van der Waals surface area contributed by atoms with E-state index >= 15 is 0 Å². The Morgan fingerprint density at radius 1 is 1.00 bits per heavy atom. The third-order valence-corrected chi connectivity index (χ3v) is 3.38. The monoisotopic (exact) mass is 260 g/mol. The maximum atomic E-state index is 5.93. The third kappa shape index (κ3) is 2.85. The Kier molecular flexibility index (Phi) is 3.93. The molecule has 0 aliphatic heterocycles. The molecule has 0 N–H and O–H groups in total. The molecule has 0 saturated carbocycles. The van der Waals surface area contributed by atoms with Gasteiger partial charge in [-0.1, -0.05) is 18.2 Å². The van der Waals surface area contributed by atoms with E-state index in [-0.39, 0.29) is 0 Å². The molecular formula is C16H17ClO. The third-order valence-electron chi connectivity index (χ3n) is 3.07. The van der Waals surface area contributed by atoms with Crippen molar-refractivity contribution in [3.63, 3.8) is 0 Å². The van der Waals surface area contributed by atoms with Crippen molar-refractivity contribution in [2.75, 3.05) is 0 Å². The molecule has 0 atom stereocenters. The van der Waals surface area contributed by atoms with Gasteiger partial charge in [0.05, 0.1) is 0 Å². The van der Waals surface area contributed by atoms with Crippen molar-refractivity contribution < 1.29 is 4.74 Å². The van der Waals surface area contributed by atoms with Gasteiger partial charge in [0.15, 0.2) is 0 Å². The average molecular weight is 261 g/mol. The molecule has 2 rings (SSSR count). The molecule has 2 aromatic carbocycles. The maximum Gasteiger partial charge on any atom is 0.130 e. The summed E-state index contributed by atoms with van der Waals surface area (Å²) < 4.78 is 5.93. The van der Waals surface area contributed by atoms with Gasteiger partial charge in [0, 0.05) is 5.88 Å². The predicted molar refractivity (Wildman–Crippen MR) is 76.7 cm³/mol. The Hall–Kier alpha value is -1.47. The molecule has 0 aliphatic carbocycles. The van der Waals surface area contributed by atoms with Gasteiger partial charge in [-0.05, 0) is 61.2 Å². The van der Waals surface area contributed by atoms with Crippen molar-refractivity contribution in [1.82, 2.24) is 0 Å². The van der Waals surface area contributed by atoms with Gasteiger partial charge in [0.2, 0.25) is 0 Å². The van der Waals surface area contributed by atoms with E-state index < -0.39 is 0 Å². The molecule has 1 nitrogen and oxygen atoms in total. The summed E-state index contributed by atoms with van der Waals surface area (Å²) in [6, 6.07) is 12.1. The lowest BCUT2D eigenvalue weighted by Crippen LogP contribution is -1.92. The number of ether oxygens (including phenoxy) is 1. The summed E-state index contributed by atoms with van der Waals surface area (Å²) in [7, 11) is 0. The molecular weight excluding hydrogens is 244 g/mol. The summed E-state index contributed by atoms with van der Waals surface area (Å²) >= 11 is 5.77. The van der Waals surface area contributed by atoms with Crippen LogP contribution >= 0.6 is 11.6 Å². The van der Waals surface area contributed by atoms with Crippen LogP contribution in [-0.4, -0.2) is 0 Å². The van der Waals surface area contributed by atoms with Crippen LogP contribution in [0.2, 0.25) is 0 Å². The molecule has 0 fully saturated rings. The second-order valence-corrected chi connectivity index (χ2v) is 4.85. The fraction of sp³-hybridized carbons (Fsp3) is 0.250. The molecule has 0 aliphatic rings. The first-order valence-corrected chi connectivity index (χ1v) is 6.54. The van der Waals surface area contributed by atoms with Crippen LogP contribution in [0.25, 0.3) is 0 Å². The fourth-order valence-electron chi connectivity index (χ4n) is 1.88. The van der Waals surface area contributed by atoms with Crippen molar-refractivity contribution in [3.05, 3.63) is 58.7 Å². The minimum atomic E-state index is 0.531. The lowest BCUT2D eigenvalue weighted by atomic mass is 10.1. The average Bonchev–Trinajstić information content (AvgIpc) is 2.36. The van der Waals surface area contributed by atoms with Crippen molar-refractivity contribution in [2.45, 2.75) is 26.7 Å². The minimum absolute atomic E-state index is 0.531. The largest absolute Gasteiger partial charge is 0.457 e. The number of rotatable bonds is 3. The van der Waals surface area contributed by atoms with Crippen LogP contribution in [0.1, 0.15) is 22.3 Å². The number of hydrogen-bond acceptors (Lipinski definition) is 1. The van der Waals surface area contributed by atoms with Crippen LogP contribution in [0.3, 0.4) is 0 Å². The number of aryl methyl sites for hydroxylation is 2. The van der Waals surface area contributed by atoms with Gasteiger partial charge in [0.1, 0.15) is 11.5 Å². The van der Waals surface area contributed by atoms with Gasteiger partial charge >= 0.3 is 0 Å². The van der Waals surface area contributed by atoms with Crippen molar-refractivity contribution in [2.24, 2.45) is 0 Å². The Morgan fingerprint density at radius 2 is 1.67 bits per heavy atom. The lowest BCUT2D eigenvalue weighted by molar-refractivity contribution is 0.478. The molecule has 0 bridgehead atoms. The maximum absolute atomic E-state index is 5.93. The first kappa shape index (κ1) is 13.0. The lowest BCUT2D eigenvalue weighted by Gasteiger charge is -2.12. The van der Waals surface area contributed by atoms with Gasteiger partial charge in [-0.25, -0.2) is 0 Å². The van der Waals surface area contributed by atoms with Crippen LogP contribution in [-0.2, 0) is 5.88 Å². The fourth-order valence-corrected chi connectivity index (χ4v) is 2.06. The highest BCUT2D eigenvalue weighted by atomic mass is 35.5. The summed E-state index contributed by atoms with van der Waals surface area (Å²) in [6.45, 7) is 6.26. The van der Waals surface area contributed by atoms with E-state index in [0.29, 0.717) is 5.88 Å². The van der Waals surface area contributed by atoms with Crippen molar-refractivity contribution in [3.8, 4) is 11.5 Å². The predicted octanol–water partition coefficient (Wildman–Crippen LogP) is 5.14. The van der Waals surface area contributed by atoms with E-state index in [1.54, 1.807) is 0 Å². The molecule has 18 heavy (non-hydrogen) atoms. The van der Waals surface area contributed by atoms with Gasteiger partial charge in [-0.2, -0.15) is 0 Å². The highest BCUT2D eigenvalue weighted by molar-refractivity contribution is 6.17. The molecule has 0 aromatic heterocycles. The van der Waals surface area contributed by atoms with E-state index in [0.717, 1.165) is 17.1 Å². The summed E-state index contributed by atoms with van der Waals surface area (Å²) in [5.41, 5.74) is 4.75. The summed E-state index contributed by atoms with van der Waals surface area (Å²) in [4.78, 5) is 0. The molecule has 2 heteroatoms. The molecule has 0 amide bonds. The summed E-state index contributed by atoms with van der Waals surface area (Å²) in [5, 5.41) is 0. The molecule has 94 valence electrons. The Morgan fingerprint density at radius 3 is 2.28 bits per heavy atom. The summed E-state index contributed by atoms with van der Waals surface area (Å²) in [5.74, 6) is 2.30. The van der Waals surface area contributed by atoms with E-state index in [4.69, 9.17) is 16.3 Å². The molecule has 0 heterocycles. The Labute approximate surface area is 113 Å². The number of hydrogen-bond donors (Lipinski definition) is 0. The van der Waals surface area contributed by atoms with E-state index in [2.05, 4.69) is 32.9 Å². The quantitative estimate of drug-likeness (QED) is 0.694. The highest BCUT2D eigenvalue weighted by Gasteiger charge is 2.05. The van der Waals surface area contributed by atoms with Crippen molar-refractivity contribution >= 4 is 11.6 Å².